The van der Waals surface area contributed by atoms with E-state index in [1.165, 1.54) is 0 Å². The van der Waals surface area contributed by atoms with E-state index in [9.17, 15) is 0 Å². The third-order valence-corrected chi connectivity index (χ3v) is 3.14. The van der Waals surface area contributed by atoms with Crippen LogP contribution < -0.4 is 10.2 Å². The van der Waals surface area contributed by atoms with Gasteiger partial charge in [0.1, 0.15) is 5.75 Å². The van der Waals surface area contributed by atoms with Crippen molar-refractivity contribution in [3.63, 3.8) is 0 Å². The van der Waals surface area contributed by atoms with Crippen LogP contribution in [0.25, 0.3) is 0 Å². The van der Waals surface area contributed by atoms with Gasteiger partial charge < -0.3 is 4.74 Å². The number of hydrazone groups is 1. The lowest BCUT2D eigenvalue weighted by Gasteiger charge is -2.05. The standard InChI is InChI=1S/C14H12BrClN2O/c1-19-14-6-5-11(15)7-10(14)9-17-18-13-4-2-3-12(16)8-13/h2-9,18H,1H3/b17-9-. The Kier molecular flexibility index (Phi) is 4.82. The molecule has 0 bridgehead atoms. The molecule has 0 heterocycles. The molecule has 0 fully saturated rings. The number of rotatable bonds is 4. The zero-order valence-corrected chi connectivity index (χ0v) is 12.6. The maximum atomic E-state index is 5.89. The van der Waals surface area contributed by atoms with Gasteiger partial charge in [0, 0.05) is 15.1 Å². The molecule has 0 aliphatic heterocycles. The lowest BCUT2D eigenvalue weighted by molar-refractivity contribution is 0.414. The van der Waals surface area contributed by atoms with E-state index < -0.39 is 0 Å². The third-order valence-electron chi connectivity index (χ3n) is 2.41. The molecule has 0 aliphatic rings. The second kappa shape index (κ2) is 6.59. The first-order chi connectivity index (χ1) is 9.19. The summed E-state index contributed by atoms with van der Waals surface area (Å²) in [7, 11) is 1.63. The van der Waals surface area contributed by atoms with E-state index >= 15 is 0 Å². The molecule has 5 heteroatoms. The SMILES string of the molecule is COc1ccc(Br)cc1/C=N\Nc1cccc(Cl)c1. The number of nitrogens with one attached hydrogen (secondary N) is 1. The van der Waals surface area contributed by atoms with E-state index in [4.69, 9.17) is 16.3 Å². The van der Waals surface area contributed by atoms with Crippen LogP contribution in [0.1, 0.15) is 5.56 Å². The zero-order chi connectivity index (χ0) is 13.7. The molecule has 0 aliphatic carbocycles. The fourth-order valence-electron chi connectivity index (χ4n) is 1.54. The molecule has 2 aromatic carbocycles. The molecule has 2 aromatic rings. The van der Waals surface area contributed by atoms with Gasteiger partial charge in [0.2, 0.25) is 0 Å². The molecule has 0 spiro atoms. The van der Waals surface area contributed by atoms with E-state index in [2.05, 4.69) is 26.5 Å². The molecule has 2 rings (SSSR count). The number of nitrogens with zero attached hydrogens (tertiary/aromatic N) is 1. The molecule has 0 atom stereocenters. The summed E-state index contributed by atoms with van der Waals surface area (Å²) in [6, 6.07) is 13.1. The fourth-order valence-corrected chi connectivity index (χ4v) is 2.11. The van der Waals surface area contributed by atoms with Crippen LogP contribution in [0, 0.1) is 0 Å². The van der Waals surface area contributed by atoms with Gasteiger partial charge >= 0.3 is 0 Å². The summed E-state index contributed by atoms with van der Waals surface area (Å²) in [5.41, 5.74) is 4.63. The maximum absolute atomic E-state index is 5.89. The molecule has 0 saturated carbocycles. The highest BCUT2D eigenvalue weighted by Gasteiger charge is 2.00. The summed E-state index contributed by atoms with van der Waals surface area (Å²) in [5.74, 6) is 0.764. The van der Waals surface area contributed by atoms with Crippen molar-refractivity contribution in [2.45, 2.75) is 0 Å². The van der Waals surface area contributed by atoms with Gasteiger partial charge in [-0.25, -0.2) is 0 Å². The summed E-state index contributed by atoms with van der Waals surface area (Å²) < 4.78 is 6.23. The van der Waals surface area contributed by atoms with Gasteiger partial charge in [0.15, 0.2) is 0 Å². The average Bonchev–Trinajstić information content (AvgIpc) is 2.39. The van der Waals surface area contributed by atoms with E-state index in [0.29, 0.717) is 5.02 Å². The van der Waals surface area contributed by atoms with Crippen molar-refractivity contribution < 1.29 is 4.74 Å². The number of ether oxygens (including phenoxy) is 1. The Labute approximate surface area is 125 Å². The topological polar surface area (TPSA) is 33.6 Å². The number of anilines is 1. The van der Waals surface area contributed by atoms with Crippen molar-refractivity contribution >= 4 is 39.4 Å². The third kappa shape index (κ3) is 3.98. The first-order valence-electron chi connectivity index (χ1n) is 5.57. The Balaban J connectivity index is 2.12. The van der Waals surface area contributed by atoms with Crippen molar-refractivity contribution in [2.75, 3.05) is 12.5 Å². The minimum atomic E-state index is 0.667. The number of halogens is 2. The van der Waals surface area contributed by atoms with Gasteiger partial charge in [-0.3, -0.25) is 5.43 Å². The zero-order valence-electron chi connectivity index (χ0n) is 10.2. The van der Waals surface area contributed by atoms with Crippen LogP contribution >= 0.6 is 27.5 Å². The molecule has 0 saturated heterocycles. The first kappa shape index (κ1) is 13.9. The smallest absolute Gasteiger partial charge is 0.127 e. The Hall–Kier alpha value is -1.52. The summed E-state index contributed by atoms with van der Waals surface area (Å²) >= 11 is 9.31. The van der Waals surface area contributed by atoms with Crippen LogP contribution in [0.5, 0.6) is 5.75 Å². The molecule has 0 amide bonds. The van der Waals surface area contributed by atoms with Crippen molar-refractivity contribution in [3.8, 4) is 5.75 Å². The average molecular weight is 340 g/mol. The maximum Gasteiger partial charge on any atom is 0.127 e. The highest BCUT2D eigenvalue weighted by Crippen LogP contribution is 2.21. The molecule has 0 radical (unpaired) electrons. The summed E-state index contributed by atoms with van der Waals surface area (Å²) in [6.45, 7) is 0. The predicted octanol–water partition coefficient (Wildman–Crippen LogP) is 4.56. The van der Waals surface area contributed by atoms with Gasteiger partial charge in [0.05, 0.1) is 19.0 Å². The lowest BCUT2D eigenvalue weighted by Crippen LogP contribution is -1.94. The molecule has 0 unspecified atom stereocenters. The number of hydrogen-bond acceptors (Lipinski definition) is 3. The Morgan fingerprint density at radius 2 is 2.11 bits per heavy atom. The molecule has 98 valence electrons. The number of methoxy groups -OCH3 is 1. The summed E-state index contributed by atoms with van der Waals surface area (Å²) in [6.07, 6.45) is 1.70. The summed E-state index contributed by atoms with van der Waals surface area (Å²) in [4.78, 5) is 0. The molecule has 1 N–H and O–H groups in total. The minimum absolute atomic E-state index is 0.667. The monoisotopic (exact) mass is 338 g/mol. The van der Waals surface area contributed by atoms with Crippen molar-refractivity contribution in [1.29, 1.82) is 0 Å². The number of hydrogen-bond donors (Lipinski definition) is 1. The van der Waals surface area contributed by atoms with Crippen LogP contribution in [0.3, 0.4) is 0 Å². The number of benzene rings is 2. The first-order valence-corrected chi connectivity index (χ1v) is 6.74. The molecule has 3 nitrogen and oxygen atoms in total. The highest BCUT2D eigenvalue weighted by atomic mass is 79.9. The Bertz CT molecular complexity index is 602. The van der Waals surface area contributed by atoms with Crippen molar-refractivity contribution in [2.24, 2.45) is 5.10 Å². The van der Waals surface area contributed by atoms with Gasteiger partial charge in [-0.15, -0.1) is 0 Å². The largest absolute Gasteiger partial charge is 0.496 e. The van der Waals surface area contributed by atoms with E-state index in [-0.39, 0.29) is 0 Å². The van der Waals surface area contributed by atoms with Crippen LogP contribution in [-0.4, -0.2) is 13.3 Å². The summed E-state index contributed by atoms with van der Waals surface area (Å²) in [5, 5.41) is 4.84. The van der Waals surface area contributed by atoms with Crippen molar-refractivity contribution in [1.82, 2.24) is 0 Å². The Morgan fingerprint density at radius 1 is 1.26 bits per heavy atom. The van der Waals surface area contributed by atoms with E-state index in [1.54, 1.807) is 19.4 Å². The second-order valence-corrected chi connectivity index (χ2v) is 5.12. The molecular formula is C14H12BrClN2O. The van der Waals surface area contributed by atoms with Gasteiger partial charge in [0.25, 0.3) is 0 Å². The molecule has 19 heavy (non-hydrogen) atoms. The molecule has 0 aromatic heterocycles. The van der Waals surface area contributed by atoms with Gasteiger partial charge in [-0.2, -0.15) is 5.10 Å². The van der Waals surface area contributed by atoms with Crippen LogP contribution in [-0.2, 0) is 0 Å². The van der Waals surface area contributed by atoms with Crippen molar-refractivity contribution in [3.05, 3.63) is 57.5 Å². The van der Waals surface area contributed by atoms with Gasteiger partial charge in [-0.1, -0.05) is 33.6 Å². The van der Waals surface area contributed by atoms with E-state index in [1.807, 2.05) is 36.4 Å². The highest BCUT2D eigenvalue weighted by molar-refractivity contribution is 9.10. The van der Waals surface area contributed by atoms with Gasteiger partial charge in [-0.05, 0) is 36.4 Å². The normalized spacial score (nSPS) is 10.7. The van der Waals surface area contributed by atoms with Crippen LogP contribution in [0.2, 0.25) is 5.02 Å². The predicted molar refractivity (Wildman–Crippen MR) is 83.4 cm³/mol. The quantitative estimate of drug-likeness (QED) is 0.654. The fraction of sp³-hybridized carbons (Fsp3) is 0.0714. The Morgan fingerprint density at radius 3 is 2.84 bits per heavy atom. The lowest BCUT2D eigenvalue weighted by atomic mass is 10.2. The minimum Gasteiger partial charge on any atom is -0.496 e. The van der Waals surface area contributed by atoms with E-state index in [0.717, 1.165) is 21.5 Å². The second-order valence-electron chi connectivity index (χ2n) is 3.77. The van der Waals surface area contributed by atoms with Crippen LogP contribution in [0.4, 0.5) is 5.69 Å². The molecular weight excluding hydrogens is 328 g/mol. The van der Waals surface area contributed by atoms with Crippen LogP contribution in [0.15, 0.2) is 52.0 Å².